The third kappa shape index (κ3) is 2.89. The van der Waals surface area contributed by atoms with Crippen LogP contribution in [0.25, 0.3) is 10.9 Å². The SMILES string of the molecule is Cc1nc2ccccc2c(Cl)c1CN(C)C.Cl. The largest absolute Gasteiger partial charge is 0.305 e. The van der Waals surface area contributed by atoms with Crippen LogP contribution in [0.5, 0.6) is 0 Å². The number of aryl methyl sites for hydroxylation is 1. The Morgan fingerprint density at radius 2 is 1.88 bits per heavy atom. The Balaban J connectivity index is 0.00000144. The van der Waals surface area contributed by atoms with Gasteiger partial charge in [0.2, 0.25) is 0 Å². The molecule has 1 aromatic heterocycles. The fraction of sp³-hybridized carbons (Fsp3) is 0.308. The molecule has 4 heteroatoms. The number of para-hydroxylation sites is 1. The molecular formula is C13H16Cl2N2. The van der Waals surface area contributed by atoms with Crippen LogP contribution in [0.3, 0.4) is 0 Å². The van der Waals surface area contributed by atoms with Gasteiger partial charge in [-0.15, -0.1) is 12.4 Å². The van der Waals surface area contributed by atoms with Gasteiger partial charge in [0.05, 0.1) is 10.5 Å². The van der Waals surface area contributed by atoms with Crippen molar-refractivity contribution < 1.29 is 0 Å². The molecule has 0 bridgehead atoms. The normalized spacial score (nSPS) is 10.6. The van der Waals surface area contributed by atoms with Gasteiger partial charge in [0.25, 0.3) is 0 Å². The number of fused-ring (bicyclic) bond motifs is 1. The van der Waals surface area contributed by atoms with Crippen LogP contribution in [0.2, 0.25) is 5.02 Å². The van der Waals surface area contributed by atoms with Crippen LogP contribution in [0.15, 0.2) is 24.3 Å². The Kier molecular flexibility index (Phi) is 4.75. The average Bonchev–Trinajstić information content (AvgIpc) is 2.24. The lowest BCUT2D eigenvalue weighted by Gasteiger charge is -2.15. The first-order chi connectivity index (χ1) is 7.59. The molecule has 0 saturated heterocycles. The lowest BCUT2D eigenvalue weighted by Crippen LogP contribution is -2.13. The van der Waals surface area contributed by atoms with Crippen LogP contribution < -0.4 is 0 Å². The molecule has 0 aliphatic heterocycles. The quantitative estimate of drug-likeness (QED) is 0.828. The smallest absolute Gasteiger partial charge is 0.0720 e. The molecule has 0 saturated carbocycles. The predicted molar refractivity (Wildman–Crippen MR) is 76.1 cm³/mol. The first-order valence-corrected chi connectivity index (χ1v) is 5.66. The van der Waals surface area contributed by atoms with Gasteiger partial charge < -0.3 is 4.90 Å². The van der Waals surface area contributed by atoms with Crippen LogP contribution in [0.4, 0.5) is 0 Å². The van der Waals surface area contributed by atoms with Crippen LogP contribution in [0, 0.1) is 6.92 Å². The number of pyridine rings is 1. The van der Waals surface area contributed by atoms with Crippen molar-refractivity contribution in [3.05, 3.63) is 40.5 Å². The third-order valence-corrected chi connectivity index (χ3v) is 3.04. The molecule has 0 amide bonds. The maximum Gasteiger partial charge on any atom is 0.0720 e. The van der Waals surface area contributed by atoms with E-state index in [0.717, 1.165) is 33.7 Å². The zero-order valence-electron chi connectivity index (χ0n) is 10.2. The molecule has 2 nitrogen and oxygen atoms in total. The average molecular weight is 271 g/mol. The van der Waals surface area contributed by atoms with E-state index in [1.807, 2.05) is 45.3 Å². The minimum absolute atomic E-state index is 0. The molecule has 0 radical (unpaired) electrons. The fourth-order valence-electron chi connectivity index (χ4n) is 1.83. The van der Waals surface area contributed by atoms with Gasteiger partial charge in [-0.05, 0) is 27.1 Å². The van der Waals surface area contributed by atoms with E-state index in [1.165, 1.54) is 0 Å². The molecule has 0 spiro atoms. The van der Waals surface area contributed by atoms with Gasteiger partial charge in [0.1, 0.15) is 0 Å². The highest BCUT2D eigenvalue weighted by Gasteiger charge is 2.10. The Bertz CT molecular complexity index is 524. The van der Waals surface area contributed by atoms with Gasteiger partial charge in [-0.3, -0.25) is 4.98 Å². The molecule has 0 aliphatic rings. The lowest BCUT2D eigenvalue weighted by atomic mass is 10.1. The summed E-state index contributed by atoms with van der Waals surface area (Å²) in [4.78, 5) is 6.68. The first kappa shape index (κ1) is 14.2. The van der Waals surface area contributed by atoms with Gasteiger partial charge >= 0.3 is 0 Å². The highest BCUT2D eigenvalue weighted by atomic mass is 35.5. The molecule has 0 fully saturated rings. The summed E-state index contributed by atoms with van der Waals surface area (Å²) in [7, 11) is 4.07. The van der Waals surface area contributed by atoms with E-state index in [1.54, 1.807) is 0 Å². The maximum absolute atomic E-state index is 6.42. The summed E-state index contributed by atoms with van der Waals surface area (Å²) in [6, 6.07) is 7.98. The minimum atomic E-state index is 0. The van der Waals surface area contributed by atoms with Gasteiger partial charge in [0.15, 0.2) is 0 Å². The standard InChI is InChI=1S/C13H15ClN2.ClH/c1-9-11(8-16(2)3)13(14)10-6-4-5-7-12(10)15-9;/h4-7H,8H2,1-3H3;1H. The van der Waals surface area contributed by atoms with Gasteiger partial charge in [-0.2, -0.15) is 0 Å². The third-order valence-electron chi connectivity index (χ3n) is 2.60. The van der Waals surface area contributed by atoms with E-state index >= 15 is 0 Å². The van der Waals surface area contributed by atoms with Gasteiger partial charge in [0, 0.05) is 23.2 Å². The van der Waals surface area contributed by atoms with Crippen LogP contribution in [0.1, 0.15) is 11.3 Å². The Labute approximate surface area is 113 Å². The second-order valence-corrected chi connectivity index (χ2v) is 4.62. The number of hydrogen-bond donors (Lipinski definition) is 0. The Hall–Kier alpha value is -0.830. The van der Waals surface area contributed by atoms with E-state index in [2.05, 4.69) is 9.88 Å². The summed E-state index contributed by atoms with van der Waals surface area (Å²) >= 11 is 6.42. The zero-order valence-corrected chi connectivity index (χ0v) is 11.8. The van der Waals surface area contributed by atoms with Crippen LogP contribution >= 0.6 is 24.0 Å². The zero-order chi connectivity index (χ0) is 11.7. The summed E-state index contributed by atoms with van der Waals surface area (Å²) in [6.07, 6.45) is 0. The van der Waals surface area contributed by atoms with E-state index in [4.69, 9.17) is 11.6 Å². The highest BCUT2D eigenvalue weighted by molar-refractivity contribution is 6.36. The summed E-state index contributed by atoms with van der Waals surface area (Å²) in [6.45, 7) is 2.83. The molecule has 2 rings (SSSR count). The molecule has 0 unspecified atom stereocenters. The van der Waals surface area contributed by atoms with E-state index in [0.29, 0.717) is 0 Å². The summed E-state index contributed by atoms with van der Waals surface area (Å²) in [5.74, 6) is 0. The van der Waals surface area contributed by atoms with Crippen LogP contribution in [-0.2, 0) is 6.54 Å². The minimum Gasteiger partial charge on any atom is -0.305 e. The molecule has 2 aromatic rings. The van der Waals surface area contributed by atoms with Crippen molar-refractivity contribution in [1.82, 2.24) is 9.88 Å². The van der Waals surface area contributed by atoms with Crippen molar-refractivity contribution >= 4 is 34.9 Å². The second-order valence-electron chi connectivity index (χ2n) is 4.24. The number of hydrogen-bond acceptors (Lipinski definition) is 2. The number of benzene rings is 1. The molecule has 0 aliphatic carbocycles. The van der Waals surface area contributed by atoms with Crippen molar-refractivity contribution in [2.45, 2.75) is 13.5 Å². The monoisotopic (exact) mass is 270 g/mol. The molecular weight excluding hydrogens is 255 g/mol. The van der Waals surface area contributed by atoms with Crippen molar-refractivity contribution in [3.63, 3.8) is 0 Å². The van der Waals surface area contributed by atoms with E-state index in [-0.39, 0.29) is 12.4 Å². The maximum atomic E-state index is 6.42. The van der Waals surface area contributed by atoms with Crippen molar-refractivity contribution in [2.75, 3.05) is 14.1 Å². The molecule has 17 heavy (non-hydrogen) atoms. The number of aromatic nitrogens is 1. The molecule has 92 valence electrons. The van der Waals surface area contributed by atoms with Gasteiger partial charge in [-0.25, -0.2) is 0 Å². The fourth-order valence-corrected chi connectivity index (χ4v) is 2.18. The predicted octanol–water partition coefficient (Wildman–Crippen LogP) is 3.68. The Morgan fingerprint density at radius 1 is 1.24 bits per heavy atom. The molecule has 1 heterocycles. The lowest BCUT2D eigenvalue weighted by molar-refractivity contribution is 0.401. The topological polar surface area (TPSA) is 16.1 Å². The van der Waals surface area contributed by atoms with E-state index in [9.17, 15) is 0 Å². The number of nitrogens with zero attached hydrogens (tertiary/aromatic N) is 2. The summed E-state index contributed by atoms with van der Waals surface area (Å²) in [5, 5.41) is 1.86. The summed E-state index contributed by atoms with van der Waals surface area (Å²) < 4.78 is 0. The van der Waals surface area contributed by atoms with Crippen LogP contribution in [-0.4, -0.2) is 24.0 Å². The molecule has 0 N–H and O–H groups in total. The second kappa shape index (κ2) is 5.67. The number of halogens is 2. The highest BCUT2D eigenvalue weighted by Crippen LogP contribution is 2.28. The van der Waals surface area contributed by atoms with Crippen molar-refractivity contribution in [2.24, 2.45) is 0 Å². The van der Waals surface area contributed by atoms with Gasteiger partial charge in [-0.1, -0.05) is 29.8 Å². The molecule has 1 aromatic carbocycles. The first-order valence-electron chi connectivity index (χ1n) is 5.28. The molecule has 0 atom stereocenters. The Morgan fingerprint density at radius 3 is 2.53 bits per heavy atom. The van der Waals surface area contributed by atoms with Crippen molar-refractivity contribution in [1.29, 1.82) is 0 Å². The van der Waals surface area contributed by atoms with Crippen molar-refractivity contribution in [3.8, 4) is 0 Å². The van der Waals surface area contributed by atoms with E-state index < -0.39 is 0 Å². The number of rotatable bonds is 2. The summed E-state index contributed by atoms with van der Waals surface area (Å²) in [5.41, 5.74) is 3.09.